The maximum Gasteiger partial charge on any atom is 0.157 e. The van der Waals surface area contributed by atoms with E-state index in [2.05, 4.69) is 31.0 Å². The molecule has 3 rings (SSSR count). The first kappa shape index (κ1) is 12.1. The van der Waals surface area contributed by atoms with Gasteiger partial charge in [-0.05, 0) is 43.2 Å². The molecule has 0 amide bonds. The minimum atomic E-state index is 0.601. The van der Waals surface area contributed by atoms with E-state index in [1.54, 1.807) is 0 Å². The van der Waals surface area contributed by atoms with Crippen molar-refractivity contribution < 1.29 is 0 Å². The number of imidazole rings is 1. The van der Waals surface area contributed by atoms with Crippen LogP contribution in [0.5, 0.6) is 0 Å². The van der Waals surface area contributed by atoms with Crippen LogP contribution >= 0.6 is 11.6 Å². The van der Waals surface area contributed by atoms with Crippen LogP contribution < -0.4 is 5.73 Å². The number of aromatic nitrogens is 2. The second-order valence-electron chi connectivity index (χ2n) is 4.69. The Kier molecular flexibility index (Phi) is 2.72. The van der Waals surface area contributed by atoms with Crippen LogP contribution in [-0.2, 0) is 0 Å². The highest BCUT2D eigenvalue weighted by Gasteiger charge is 2.13. The average Bonchev–Trinajstić information content (AvgIpc) is 2.72. The summed E-state index contributed by atoms with van der Waals surface area (Å²) in [6.07, 6.45) is 1.87. The molecule has 1 aromatic carbocycles. The monoisotopic (exact) mass is 271 g/mol. The SMILES string of the molecule is Cc1ccc(-c2nc3c(Cl)cccn3c2N)cc1C. The molecule has 0 aliphatic carbocycles. The molecule has 0 aliphatic rings. The normalized spacial score (nSPS) is 11.1. The molecular weight excluding hydrogens is 258 g/mol. The first-order valence-corrected chi connectivity index (χ1v) is 6.45. The molecule has 3 aromatic rings. The van der Waals surface area contributed by atoms with Gasteiger partial charge in [-0.3, -0.25) is 4.40 Å². The van der Waals surface area contributed by atoms with Crippen molar-refractivity contribution in [3.8, 4) is 11.3 Å². The average molecular weight is 272 g/mol. The van der Waals surface area contributed by atoms with E-state index in [4.69, 9.17) is 17.3 Å². The summed E-state index contributed by atoms with van der Waals surface area (Å²) in [5, 5.41) is 0.601. The van der Waals surface area contributed by atoms with E-state index < -0.39 is 0 Å². The van der Waals surface area contributed by atoms with Gasteiger partial charge in [0.15, 0.2) is 5.65 Å². The Labute approximate surface area is 116 Å². The molecule has 0 unspecified atom stereocenters. The fourth-order valence-electron chi connectivity index (χ4n) is 2.15. The largest absolute Gasteiger partial charge is 0.383 e. The smallest absolute Gasteiger partial charge is 0.157 e. The number of pyridine rings is 1. The molecule has 0 radical (unpaired) electrons. The number of hydrogen-bond donors (Lipinski definition) is 1. The third-order valence-electron chi connectivity index (χ3n) is 3.42. The van der Waals surface area contributed by atoms with Crippen LogP contribution in [0.3, 0.4) is 0 Å². The summed E-state index contributed by atoms with van der Waals surface area (Å²) < 4.78 is 1.81. The molecule has 0 saturated carbocycles. The first-order chi connectivity index (χ1) is 9.08. The Morgan fingerprint density at radius 3 is 2.63 bits per heavy atom. The van der Waals surface area contributed by atoms with Gasteiger partial charge in [0.25, 0.3) is 0 Å². The topological polar surface area (TPSA) is 43.3 Å². The Morgan fingerprint density at radius 2 is 1.95 bits per heavy atom. The highest BCUT2D eigenvalue weighted by Crippen LogP contribution is 2.30. The van der Waals surface area contributed by atoms with E-state index in [9.17, 15) is 0 Å². The lowest BCUT2D eigenvalue weighted by Crippen LogP contribution is -1.94. The third-order valence-corrected chi connectivity index (χ3v) is 3.71. The maximum atomic E-state index is 6.17. The lowest BCUT2D eigenvalue weighted by Gasteiger charge is -2.03. The van der Waals surface area contributed by atoms with Crippen LogP contribution in [0.25, 0.3) is 16.9 Å². The van der Waals surface area contributed by atoms with Gasteiger partial charge in [0.2, 0.25) is 0 Å². The van der Waals surface area contributed by atoms with Crippen LogP contribution in [0.2, 0.25) is 5.02 Å². The second kappa shape index (κ2) is 4.28. The van der Waals surface area contributed by atoms with Gasteiger partial charge in [-0.1, -0.05) is 23.7 Å². The highest BCUT2D eigenvalue weighted by molar-refractivity contribution is 6.33. The summed E-state index contributed by atoms with van der Waals surface area (Å²) in [4.78, 5) is 4.56. The van der Waals surface area contributed by atoms with Gasteiger partial charge in [0.1, 0.15) is 11.5 Å². The van der Waals surface area contributed by atoms with Gasteiger partial charge in [-0.15, -0.1) is 0 Å². The van der Waals surface area contributed by atoms with E-state index >= 15 is 0 Å². The molecule has 2 N–H and O–H groups in total. The van der Waals surface area contributed by atoms with Crippen LogP contribution in [0.4, 0.5) is 5.82 Å². The Balaban J connectivity index is 2.28. The Morgan fingerprint density at radius 1 is 1.16 bits per heavy atom. The van der Waals surface area contributed by atoms with Gasteiger partial charge in [-0.2, -0.15) is 0 Å². The fraction of sp³-hybridized carbons (Fsp3) is 0.133. The summed E-state index contributed by atoms with van der Waals surface area (Å²) >= 11 is 6.15. The summed E-state index contributed by atoms with van der Waals surface area (Å²) in [6.45, 7) is 4.17. The molecule has 0 spiro atoms. The number of halogens is 1. The van der Waals surface area contributed by atoms with Crippen LogP contribution in [0, 0.1) is 13.8 Å². The molecule has 0 bridgehead atoms. The van der Waals surface area contributed by atoms with Crippen LogP contribution in [0.15, 0.2) is 36.5 Å². The number of benzene rings is 1. The molecule has 3 nitrogen and oxygen atoms in total. The van der Waals surface area contributed by atoms with Crippen molar-refractivity contribution >= 4 is 23.1 Å². The van der Waals surface area contributed by atoms with Crippen molar-refractivity contribution in [2.45, 2.75) is 13.8 Å². The Bertz CT molecular complexity index is 774. The lowest BCUT2D eigenvalue weighted by molar-refractivity contribution is 1.20. The van der Waals surface area contributed by atoms with Gasteiger partial charge >= 0.3 is 0 Å². The molecule has 0 aliphatic heterocycles. The summed E-state index contributed by atoms with van der Waals surface area (Å²) in [5.41, 5.74) is 11.1. The second-order valence-corrected chi connectivity index (χ2v) is 5.10. The summed E-state index contributed by atoms with van der Waals surface area (Å²) in [7, 11) is 0. The number of nitrogens with zero attached hydrogens (tertiary/aromatic N) is 2. The number of aryl methyl sites for hydroxylation is 2. The van der Waals surface area contributed by atoms with E-state index in [1.165, 1.54) is 11.1 Å². The minimum absolute atomic E-state index is 0.601. The van der Waals surface area contributed by atoms with Gasteiger partial charge in [-0.25, -0.2) is 4.98 Å². The van der Waals surface area contributed by atoms with Crippen LogP contribution in [0.1, 0.15) is 11.1 Å². The van der Waals surface area contributed by atoms with E-state index in [-0.39, 0.29) is 0 Å². The number of anilines is 1. The number of nitrogen functional groups attached to an aromatic ring is 1. The zero-order chi connectivity index (χ0) is 13.6. The van der Waals surface area contributed by atoms with Crippen LogP contribution in [-0.4, -0.2) is 9.38 Å². The molecular formula is C15H14ClN3. The highest BCUT2D eigenvalue weighted by atomic mass is 35.5. The molecule has 0 saturated heterocycles. The molecule has 2 heterocycles. The molecule has 0 fully saturated rings. The summed E-state index contributed by atoms with van der Waals surface area (Å²) in [5.74, 6) is 0.612. The fourth-order valence-corrected chi connectivity index (χ4v) is 2.36. The number of fused-ring (bicyclic) bond motifs is 1. The van der Waals surface area contributed by atoms with Crippen molar-refractivity contribution in [2.24, 2.45) is 0 Å². The minimum Gasteiger partial charge on any atom is -0.383 e. The third kappa shape index (κ3) is 1.87. The summed E-state index contributed by atoms with van der Waals surface area (Å²) in [6, 6.07) is 9.89. The predicted octanol–water partition coefficient (Wildman–Crippen LogP) is 3.85. The number of nitrogens with two attached hydrogens (primary N) is 1. The zero-order valence-corrected chi connectivity index (χ0v) is 11.6. The van der Waals surface area contributed by atoms with Crippen molar-refractivity contribution in [2.75, 3.05) is 5.73 Å². The van der Waals surface area contributed by atoms with E-state index in [1.807, 2.05) is 28.8 Å². The number of hydrogen-bond acceptors (Lipinski definition) is 2. The molecule has 4 heteroatoms. The maximum absolute atomic E-state index is 6.17. The first-order valence-electron chi connectivity index (χ1n) is 6.07. The van der Waals surface area contributed by atoms with Crippen molar-refractivity contribution in [3.63, 3.8) is 0 Å². The van der Waals surface area contributed by atoms with Gasteiger partial charge in [0.05, 0.1) is 5.02 Å². The van der Waals surface area contributed by atoms with E-state index in [0.29, 0.717) is 16.5 Å². The zero-order valence-electron chi connectivity index (χ0n) is 10.8. The van der Waals surface area contributed by atoms with Crippen molar-refractivity contribution in [1.82, 2.24) is 9.38 Å². The number of rotatable bonds is 1. The molecule has 2 aromatic heterocycles. The van der Waals surface area contributed by atoms with Gasteiger partial charge < -0.3 is 5.73 Å². The lowest BCUT2D eigenvalue weighted by atomic mass is 10.0. The van der Waals surface area contributed by atoms with Crippen molar-refractivity contribution in [1.29, 1.82) is 0 Å². The van der Waals surface area contributed by atoms with Gasteiger partial charge in [0, 0.05) is 11.8 Å². The molecule has 19 heavy (non-hydrogen) atoms. The molecule has 96 valence electrons. The van der Waals surface area contributed by atoms with Crippen molar-refractivity contribution in [3.05, 3.63) is 52.7 Å². The standard InChI is InChI=1S/C15H14ClN3/c1-9-5-6-11(8-10(9)2)13-14(17)19-7-3-4-12(16)15(19)18-13/h3-8H,17H2,1-2H3. The Hall–Kier alpha value is -2.00. The van der Waals surface area contributed by atoms with E-state index in [0.717, 1.165) is 11.3 Å². The predicted molar refractivity (Wildman–Crippen MR) is 79.5 cm³/mol. The molecule has 0 atom stereocenters. The quantitative estimate of drug-likeness (QED) is 0.730.